The third kappa shape index (κ3) is 5.92. The van der Waals surface area contributed by atoms with Gasteiger partial charge in [0.2, 0.25) is 11.1 Å². The number of methoxy groups -OCH3 is 2. The Morgan fingerprint density at radius 2 is 1.94 bits per heavy atom. The largest absolute Gasteiger partial charge is 0.497 e. The maximum atomic E-state index is 12.4. The van der Waals surface area contributed by atoms with E-state index in [2.05, 4.69) is 42.0 Å². The molecule has 1 aromatic heterocycles. The number of ether oxygens (including phenoxy) is 2. The third-order valence-electron chi connectivity index (χ3n) is 4.26. The van der Waals surface area contributed by atoms with Crippen molar-refractivity contribution in [2.45, 2.75) is 12.1 Å². The lowest BCUT2D eigenvalue weighted by molar-refractivity contribution is -0.113. The van der Waals surface area contributed by atoms with Crippen molar-refractivity contribution in [2.24, 2.45) is 5.10 Å². The van der Waals surface area contributed by atoms with E-state index in [9.17, 15) is 4.79 Å². The van der Waals surface area contributed by atoms with Crippen molar-refractivity contribution >= 4 is 50.9 Å². The van der Waals surface area contributed by atoms with Gasteiger partial charge in [-0.2, -0.15) is 5.10 Å². The summed E-state index contributed by atoms with van der Waals surface area (Å²) in [5.41, 5.74) is 5.00. The van der Waals surface area contributed by atoms with Crippen LogP contribution in [0.1, 0.15) is 12.5 Å². The van der Waals surface area contributed by atoms with Crippen molar-refractivity contribution in [2.75, 3.05) is 36.6 Å². The zero-order valence-corrected chi connectivity index (χ0v) is 20.0. The number of nitrogen functional groups attached to an aromatic ring is 1. The molecule has 12 heteroatoms. The summed E-state index contributed by atoms with van der Waals surface area (Å²) in [7, 11) is 3.08. The Balaban J connectivity index is 1.59. The lowest BCUT2D eigenvalue weighted by atomic mass is 10.1. The van der Waals surface area contributed by atoms with Crippen molar-refractivity contribution in [1.82, 2.24) is 14.9 Å². The van der Waals surface area contributed by atoms with Gasteiger partial charge in [0.25, 0.3) is 5.95 Å². The van der Waals surface area contributed by atoms with E-state index in [0.29, 0.717) is 22.3 Å². The molecule has 32 heavy (non-hydrogen) atoms. The van der Waals surface area contributed by atoms with Crippen LogP contribution < -0.4 is 26.1 Å². The number of hydrogen-bond acceptors (Lipinski definition) is 9. The van der Waals surface area contributed by atoms with E-state index in [0.717, 1.165) is 27.5 Å². The Labute approximate surface area is 197 Å². The molecule has 0 saturated carbocycles. The number of nitrogens with two attached hydrogens (primary N) is 1. The van der Waals surface area contributed by atoms with Crippen LogP contribution in [0.5, 0.6) is 11.5 Å². The molecule has 0 aliphatic rings. The number of rotatable bonds is 9. The van der Waals surface area contributed by atoms with E-state index in [1.54, 1.807) is 25.3 Å². The lowest BCUT2D eigenvalue weighted by Crippen LogP contribution is -2.17. The predicted molar refractivity (Wildman–Crippen MR) is 129 cm³/mol. The molecule has 0 aliphatic carbocycles. The van der Waals surface area contributed by atoms with Gasteiger partial charge < -0.3 is 20.6 Å². The number of nitrogens with zero attached hydrogens (tertiary/aromatic N) is 4. The summed E-state index contributed by atoms with van der Waals surface area (Å²) in [5, 5.41) is 15.4. The molecule has 0 unspecified atom stereocenters. The second-order valence-electron chi connectivity index (χ2n) is 6.40. The van der Waals surface area contributed by atoms with Crippen LogP contribution in [0, 0.1) is 0 Å². The van der Waals surface area contributed by atoms with E-state index >= 15 is 0 Å². The summed E-state index contributed by atoms with van der Waals surface area (Å²) in [5.74, 6) is 7.22. The maximum Gasteiger partial charge on any atom is 0.264 e. The van der Waals surface area contributed by atoms with Crippen LogP contribution in [-0.2, 0) is 4.79 Å². The number of aromatic nitrogens is 3. The number of thioether (sulfide) groups is 1. The first-order valence-electron chi connectivity index (χ1n) is 9.32. The van der Waals surface area contributed by atoms with Gasteiger partial charge in [0.15, 0.2) is 0 Å². The van der Waals surface area contributed by atoms with Gasteiger partial charge in [-0.1, -0.05) is 39.8 Å². The molecular weight excluding hydrogens is 498 g/mol. The number of amides is 1. The van der Waals surface area contributed by atoms with Gasteiger partial charge in [0, 0.05) is 10.5 Å². The standard InChI is InChI=1S/C20H22BrN7O3S/c1-12(13-4-6-14(21)7-5-13)24-25-19-26-27-20(28(19)22)32-11-18(29)23-16-10-15(30-2)8-9-17(16)31-3/h4-10H,11,22H2,1-3H3,(H,23,29)(H,25,26)/b24-12+. The summed E-state index contributed by atoms with van der Waals surface area (Å²) < 4.78 is 12.7. The first-order chi connectivity index (χ1) is 15.4. The molecular formula is C20H22BrN7O3S. The Morgan fingerprint density at radius 3 is 2.62 bits per heavy atom. The van der Waals surface area contributed by atoms with Crippen LogP contribution in [0.2, 0.25) is 0 Å². The van der Waals surface area contributed by atoms with Crippen LogP contribution >= 0.6 is 27.7 Å². The van der Waals surface area contributed by atoms with Crippen molar-refractivity contribution < 1.29 is 14.3 Å². The average Bonchev–Trinajstić information content (AvgIpc) is 3.15. The fraction of sp³-hybridized carbons (Fsp3) is 0.200. The predicted octanol–water partition coefficient (Wildman–Crippen LogP) is 3.34. The summed E-state index contributed by atoms with van der Waals surface area (Å²) in [4.78, 5) is 12.4. The molecule has 0 saturated heterocycles. The van der Waals surface area contributed by atoms with E-state index in [1.807, 2.05) is 31.2 Å². The van der Waals surface area contributed by atoms with Crippen molar-refractivity contribution in [3.63, 3.8) is 0 Å². The lowest BCUT2D eigenvalue weighted by Gasteiger charge is -2.11. The molecule has 168 valence electrons. The molecule has 3 aromatic rings. The maximum absolute atomic E-state index is 12.4. The highest BCUT2D eigenvalue weighted by atomic mass is 79.9. The monoisotopic (exact) mass is 519 g/mol. The van der Waals surface area contributed by atoms with Crippen molar-refractivity contribution in [1.29, 1.82) is 0 Å². The average molecular weight is 520 g/mol. The fourth-order valence-electron chi connectivity index (χ4n) is 2.57. The number of hydrogen-bond donors (Lipinski definition) is 3. The smallest absolute Gasteiger partial charge is 0.264 e. The van der Waals surface area contributed by atoms with Gasteiger partial charge in [-0.3, -0.25) is 4.79 Å². The molecule has 2 aromatic carbocycles. The van der Waals surface area contributed by atoms with E-state index in [4.69, 9.17) is 15.3 Å². The number of benzene rings is 2. The highest BCUT2D eigenvalue weighted by Gasteiger charge is 2.14. The molecule has 1 amide bonds. The Morgan fingerprint density at radius 1 is 1.19 bits per heavy atom. The molecule has 0 fully saturated rings. The van der Waals surface area contributed by atoms with Gasteiger partial charge in [-0.15, -0.1) is 10.2 Å². The van der Waals surface area contributed by atoms with Gasteiger partial charge in [0.05, 0.1) is 31.4 Å². The minimum Gasteiger partial charge on any atom is -0.497 e. The number of halogens is 1. The zero-order chi connectivity index (χ0) is 23.1. The normalized spacial score (nSPS) is 11.2. The molecule has 4 N–H and O–H groups in total. The quantitative estimate of drug-likeness (QED) is 0.170. The summed E-state index contributed by atoms with van der Waals surface area (Å²) >= 11 is 4.54. The van der Waals surface area contributed by atoms with Crippen LogP contribution in [0.4, 0.5) is 11.6 Å². The molecule has 0 bridgehead atoms. The third-order valence-corrected chi connectivity index (χ3v) is 5.73. The van der Waals surface area contributed by atoms with Gasteiger partial charge >= 0.3 is 0 Å². The number of carbonyl (C=O) groups is 1. The molecule has 0 radical (unpaired) electrons. The molecule has 0 atom stereocenters. The van der Waals surface area contributed by atoms with E-state index in [-0.39, 0.29) is 17.6 Å². The van der Waals surface area contributed by atoms with Crippen molar-refractivity contribution in [3.8, 4) is 11.5 Å². The van der Waals surface area contributed by atoms with E-state index < -0.39 is 0 Å². The van der Waals surface area contributed by atoms with Gasteiger partial charge in [0.1, 0.15) is 11.5 Å². The molecule has 0 aliphatic heterocycles. The minimum absolute atomic E-state index is 0.0664. The minimum atomic E-state index is -0.261. The second-order valence-corrected chi connectivity index (χ2v) is 8.25. The van der Waals surface area contributed by atoms with Crippen LogP contribution in [0.25, 0.3) is 0 Å². The first-order valence-corrected chi connectivity index (χ1v) is 11.1. The summed E-state index contributed by atoms with van der Waals surface area (Å²) in [6.07, 6.45) is 0. The first kappa shape index (κ1) is 23.4. The molecule has 3 rings (SSSR count). The van der Waals surface area contributed by atoms with Crippen LogP contribution in [0.15, 0.2) is 57.2 Å². The SMILES string of the molecule is COc1ccc(OC)c(NC(=O)CSc2nnc(N/N=C(\C)c3ccc(Br)cc3)n2N)c1. The van der Waals surface area contributed by atoms with Crippen molar-refractivity contribution in [3.05, 3.63) is 52.5 Å². The number of anilines is 2. The van der Waals surface area contributed by atoms with Crippen LogP contribution in [0.3, 0.4) is 0 Å². The van der Waals surface area contributed by atoms with Crippen LogP contribution in [-0.4, -0.2) is 46.5 Å². The zero-order valence-electron chi connectivity index (χ0n) is 17.6. The summed E-state index contributed by atoms with van der Waals surface area (Å²) in [6.45, 7) is 1.86. The molecule has 10 nitrogen and oxygen atoms in total. The molecule has 0 spiro atoms. The Hall–Kier alpha value is -3.25. The Bertz CT molecular complexity index is 1120. The number of carbonyl (C=O) groups excluding carboxylic acids is 1. The Kier molecular flexibility index (Phi) is 7.95. The summed E-state index contributed by atoms with van der Waals surface area (Å²) in [6, 6.07) is 12.9. The fourth-order valence-corrected chi connectivity index (χ4v) is 3.49. The van der Waals surface area contributed by atoms with E-state index in [1.165, 1.54) is 11.8 Å². The number of hydrazone groups is 1. The van der Waals surface area contributed by atoms with Gasteiger partial charge in [-0.05, 0) is 36.8 Å². The second kappa shape index (κ2) is 10.9. The highest BCUT2D eigenvalue weighted by molar-refractivity contribution is 9.10. The molecule has 1 heterocycles. The topological polar surface area (TPSA) is 129 Å². The van der Waals surface area contributed by atoms with Gasteiger partial charge in [-0.25, -0.2) is 10.1 Å². The number of nitrogens with one attached hydrogen (secondary N) is 2. The highest BCUT2D eigenvalue weighted by Crippen LogP contribution is 2.29.